The van der Waals surface area contributed by atoms with Gasteiger partial charge in [-0.15, -0.1) is 0 Å². The van der Waals surface area contributed by atoms with Gasteiger partial charge < -0.3 is 9.84 Å². The lowest BCUT2D eigenvalue weighted by Crippen LogP contribution is -2.40. The van der Waals surface area contributed by atoms with Crippen molar-refractivity contribution in [2.24, 2.45) is 0 Å². The molecule has 0 aromatic carbocycles. The number of alkyl halides is 2. The van der Waals surface area contributed by atoms with Crippen LogP contribution in [0.25, 0.3) is 0 Å². The lowest BCUT2D eigenvalue weighted by atomic mass is 10.2. The van der Waals surface area contributed by atoms with Crippen molar-refractivity contribution in [1.82, 2.24) is 4.90 Å². The first kappa shape index (κ1) is 14.2. The monoisotopic (exact) mass is 225 g/mol. The second kappa shape index (κ2) is 7.53. The van der Waals surface area contributed by atoms with E-state index < -0.39 is 18.9 Å². The van der Waals surface area contributed by atoms with E-state index in [4.69, 9.17) is 5.11 Å². The SMILES string of the molecule is COC(=O)CC(C)N(CCO)CC(F)F. The molecule has 0 aliphatic rings. The molecule has 15 heavy (non-hydrogen) atoms. The molecule has 0 heterocycles. The number of rotatable bonds is 7. The van der Waals surface area contributed by atoms with Crippen molar-refractivity contribution in [2.45, 2.75) is 25.8 Å². The molecule has 0 bridgehead atoms. The fourth-order valence-corrected chi connectivity index (χ4v) is 1.25. The van der Waals surface area contributed by atoms with Gasteiger partial charge in [0.15, 0.2) is 0 Å². The first-order chi connectivity index (χ1) is 7.01. The van der Waals surface area contributed by atoms with Crippen LogP contribution in [0, 0.1) is 0 Å². The molecule has 0 aliphatic carbocycles. The maximum absolute atomic E-state index is 12.1. The van der Waals surface area contributed by atoms with Crippen LogP contribution >= 0.6 is 0 Å². The van der Waals surface area contributed by atoms with Crippen LogP contribution in [-0.4, -0.2) is 55.2 Å². The average molecular weight is 225 g/mol. The quantitative estimate of drug-likeness (QED) is 0.641. The molecular formula is C9H17F2NO3. The number of esters is 1. The zero-order chi connectivity index (χ0) is 11.8. The number of ether oxygens (including phenoxy) is 1. The molecule has 0 fully saturated rings. The van der Waals surface area contributed by atoms with Crippen molar-refractivity contribution in [1.29, 1.82) is 0 Å². The number of carbonyl (C=O) groups is 1. The molecule has 0 radical (unpaired) electrons. The maximum Gasteiger partial charge on any atom is 0.307 e. The molecule has 0 aromatic rings. The minimum atomic E-state index is -2.48. The lowest BCUT2D eigenvalue weighted by Gasteiger charge is -2.27. The summed E-state index contributed by atoms with van der Waals surface area (Å²) in [5.41, 5.74) is 0. The second-order valence-corrected chi connectivity index (χ2v) is 3.24. The van der Waals surface area contributed by atoms with Crippen molar-refractivity contribution in [3.8, 4) is 0 Å². The summed E-state index contributed by atoms with van der Waals surface area (Å²) in [6, 6.07) is -0.362. The third kappa shape index (κ3) is 6.35. The summed E-state index contributed by atoms with van der Waals surface area (Å²) in [7, 11) is 1.25. The molecule has 90 valence electrons. The van der Waals surface area contributed by atoms with E-state index in [-0.39, 0.29) is 25.6 Å². The Hall–Kier alpha value is -0.750. The Morgan fingerprint density at radius 2 is 2.13 bits per heavy atom. The number of nitrogens with zero attached hydrogens (tertiary/aromatic N) is 1. The standard InChI is InChI=1S/C9H17F2NO3/c1-7(5-9(14)15-2)12(3-4-13)6-8(10)11/h7-8,13H,3-6H2,1-2H3. The van der Waals surface area contributed by atoms with Crippen LogP contribution in [0.1, 0.15) is 13.3 Å². The van der Waals surface area contributed by atoms with Crippen LogP contribution in [0.3, 0.4) is 0 Å². The van der Waals surface area contributed by atoms with Gasteiger partial charge >= 0.3 is 5.97 Å². The van der Waals surface area contributed by atoms with Crippen LogP contribution < -0.4 is 0 Å². The van der Waals surface area contributed by atoms with Gasteiger partial charge in [0.25, 0.3) is 6.43 Å². The zero-order valence-electron chi connectivity index (χ0n) is 8.95. The van der Waals surface area contributed by atoms with Crippen LogP contribution in [0.15, 0.2) is 0 Å². The molecule has 0 saturated carbocycles. The molecule has 1 atom stereocenters. The van der Waals surface area contributed by atoms with Crippen LogP contribution in [-0.2, 0) is 9.53 Å². The Kier molecular flexibility index (Phi) is 7.15. The molecule has 0 aliphatic heterocycles. The van der Waals surface area contributed by atoms with Gasteiger partial charge in [-0.3, -0.25) is 9.69 Å². The van der Waals surface area contributed by atoms with E-state index in [1.165, 1.54) is 12.0 Å². The van der Waals surface area contributed by atoms with E-state index in [1.54, 1.807) is 6.92 Å². The van der Waals surface area contributed by atoms with Crippen LogP contribution in [0.5, 0.6) is 0 Å². The van der Waals surface area contributed by atoms with E-state index >= 15 is 0 Å². The highest BCUT2D eigenvalue weighted by atomic mass is 19.3. The number of carbonyl (C=O) groups excluding carboxylic acids is 1. The van der Waals surface area contributed by atoms with Crippen molar-refractivity contribution < 1.29 is 23.4 Å². The van der Waals surface area contributed by atoms with E-state index in [0.717, 1.165) is 0 Å². The average Bonchev–Trinajstić information content (AvgIpc) is 2.16. The molecule has 0 amide bonds. The van der Waals surface area contributed by atoms with Crippen molar-refractivity contribution in [3.63, 3.8) is 0 Å². The fraction of sp³-hybridized carbons (Fsp3) is 0.889. The van der Waals surface area contributed by atoms with Crippen molar-refractivity contribution >= 4 is 5.97 Å². The molecule has 0 saturated heterocycles. The molecule has 6 heteroatoms. The maximum atomic E-state index is 12.1. The van der Waals surface area contributed by atoms with Gasteiger partial charge in [-0.2, -0.15) is 0 Å². The third-order valence-electron chi connectivity index (χ3n) is 2.07. The second-order valence-electron chi connectivity index (χ2n) is 3.24. The minimum Gasteiger partial charge on any atom is -0.469 e. The molecule has 0 rings (SSSR count). The number of methoxy groups -OCH3 is 1. The van der Waals surface area contributed by atoms with Gasteiger partial charge in [0.05, 0.1) is 26.7 Å². The number of halogens is 2. The van der Waals surface area contributed by atoms with Gasteiger partial charge in [-0.1, -0.05) is 0 Å². The Balaban J connectivity index is 4.14. The highest BCUT2D eigenvalue weighted by Crippen LogP contribution is 2.07. The van der Waals surface area contributed by atoms with E-state index in [1.807, 2.05) is 0 Å². The number of hydrogen-bond donors (Lipinski definition) is 1. The highest BCUT2D eigenvalue weighted by molar-refractivity contribution is 5.69. The number of aliphatic hydroxyl groups excluding tert-OH is 1. The van der Waals surface area contributed by atoms with Crippen molar-refractivity contribution in [2.75, 3.05) is 26.8 Å². The Morgan fingerprint density at radius 1 is 1.53 bits per heavy atom. The number of hydrogen-bond acceptors (Lipinski definition) is 4. The summed E-state index contributed by atoms with van der Waals surface area (Å²) in [4.78, 5) is 12.3. The normalized spacial score (nSPS) is 13.3. The van der Waals surface area contributed by atoms with Gasteiger partial charge in [0.1, 0.15) is 0 Å². The van der Waals surface area contributed by atoms with Crippen LogP contribution in [0.2, 0.25) is 0 Å². The summed E-state index contributed by atoms with van der Waals surface area (Å²) >= 11 is 0. The lowest BCUT2D eigenvalue weighted by molar-refractivity contribution is -0.142. The molecule has 4 nitrogen and oxygen atoms in total. The molecule has 0 spiro atoms. The van der Waals surface area contributed by atoms with Gasteiger partial charge in [-0.05, 0) is 6.92 Å². The molecule has 1 N–H and O–H groups in total. The largest absolute Gasteiger partial charge is 0.469 e. The van der Waals surface area contributed by atoms with Crippen molar-refractivity contribution in [3.05, 3.63) is 0 Å². The van der Waals surface area contributed by atoms with Gasteiger partial charge in [0.2, 0.25) is 0 Å². The van der Waals surface area contributed by atoms with Gasteiger partial charge in [-0.25, -0.2) is 8.78 Å². The molecule has 1 unspecified atom stereocenters. The minimum absolute atomic E-state index is 0.0449. The number of aliphatic hydroxyl groups is 1. The summed E-state index contributed by atoms with van der Waals surface area (Å²) < 4.78 is 28.7. The molecular weight excluding hydrogens is 208 g/mol. The van der Waals surface area contributed by atoms with E-state index in [9.17, 15) is 13.6 Å². The fourth-order valence-electron chi connectivity index (χ4n) is 1.25. The smallest absolute Gasteiger partial charge is 0.307 e. The van der Waals surface area contributed by atoms with E-state index in [0.29, 0.717) is 0 Å². The van der Waals surface area contributed by atoms with Gasteiger partial charge in [0, 0.05) is 12.6 Å². The predicted molar refractivity (Wildman–Crippen MR) is 50.8 cm³/mol. The first-order valence-corrected chi connectivity index (χ1v) is 4.71. The van der Waals surface area contributed by atoms with E-state index in [2.05, 4.69) is 4.74 Å². The summed E-state index contributed by atoms with van der Waals surface area (Å²) in [5, 5.41) is 8.69. The summed E-state index contributed by atoms with van der Waals surface area (Å²) in [6.07, 6.45) is -2.43. The Bertz CT molecular complexity index is 190. The summed E-state index contributed by atoms with van der Waals surface area (Å²) in [6.45, 7) is 1.12. The first-order valence-electron chi connectivity index (χ1n) is 4.71. The Morgan fingerprint density at radius 3 is 2.53 bits per heavy atom. The zero-order valence-corrected chi connectivity index (χ0v) is 8.95. The predicted octanol–water partition coefficient (Wildman–Crippen LogP) is 0.497. The molecule has 0 aromatic heterocycles. The van der Waals surface area contributed by atoms with Crippen LogP contribution in [0.4, 0.5) is 8.78 Å². The highest BCUT2D eigenvalue weighted by Gasteiger charge is 2.20. The topological polar surface area (TPSA) is 49.8 Å². The summed E-state index contributed by atoms with van der Waals surface area (Å²) in [5.74, 6) is -0.445. The Labute approximate surface area is 87.8 Å². The third-order valence-corrected chi connectivity index (χ3v) is 2.07.